The minimum absolute atomic E-state index is 0.0553. The number of hydrogen-bond acceptors (Lipinski definition) is 3. The largest absolute Gasteiger partial charge is 0.323 e. The molecule has 21 heavy (non-hydrogen) atoms. The van der Waals surface area contributed by atoms with Gasteiger partial charge in [-0.15, -0.1) is 0 Å². The Morgan fingerprint density at radius 1 is 1.29 bits per heavy atom. The Kier molecular flexibility index (Phi) is 4.06. The Balaban J connectivity index is 1.89. The van der Waals surface area contributed by atoms with E-state index in [9.17, 15) is 4.79 Å². The molecule has 1 saturated carbocycles. The number of nitrogens with two attached hydrogens (primary N) is 1. The second kappa shape index (κ2) is 6.13. The molecule has 0 radical (unpaired) electrons. The zero-order valence-electron chi connectivity index (χ0n) is 12.0. The van der Waals surface area contributed by atoms with Crippen LogP contribution in [0.25, 0.3) is 0 Å². The molecule has 1 fully saturated rings. The Morgan fingerprint density at radius 2 is 2.05 bits per heavy atom. The summed E-state index contributed by atoms with van der Waals surface area (Å²) in [6, 6.07) is 7.98. The van der Waals surface area contributed by atoms with Crippen LogP contribution in [-0.4, -0.2) is 24.5 Å². The number of carbonyl (C=O) groups excluding carboxylic acids is 1. The maximum atomic E-state index is 11.9. The van der Waals surface area contributed by atoms with E-state index in [0.29, 0.717) is 12.0 Å². The van der Waals surface area contributed by atoms with Crippen LogP contribution < -0.4 is 21.5 Å². The van der Waals surface area contributed by atoms with E-state index in [1.807, 2.05) is 29.2 Å². The van der Waals surface area contributed by atoms with Gasteiger partial charge in [0.25, 0.3) is 0 Å². The first-order valence-corrected chi connectivity index (χ1v) is 7.49. The van der Waals surface area contributed by atoms with Crippen molar-refractivity contribution in [2.75, 3.05) is 16.8 Å². The van der Waals surface area contributed by atoms with Gasteiger partial charge in [-0.25, -0.2) is 10.8 Å². The Labute approximate surface area is 124 Å². The van der Waals surface area contributed by atoms with Gasteiger partial charge in [0.15, 0.2) is 0 Å². The smallest absolute Gasteiger partial charge is 0.244 e. The lowest BCUT2D eigenvalue weighted by atomic mass is 9.96. The number of aliphatic imine (C=N–C) groups is 1. The van der Waals surface area contributed by atoms with Gasteiger partial charge in [0.2, 0.25) is 11.9 Å². The molecule has 2 aliphatic rings. The predicted octanol–water partition coefficient (Wildman–Crippen LogP) is 1.60. The van der Waals surface area contributed by atoms with Gasteiger partial charge in [-0.2, -0.15) is 0 Å². The predicted molar refractivity (Wildman–Crippen MR) is 84.0 cm³/mol. The molecule has 4 N–H and O–H groups in total. The van der Waals surface area contributed by atoms with Crippen molar-refractivity contribution in [3.05, 3.63) is 24.3 Å². The van der Waals surface area contributed by atoms with Crippen LogP contribution in [-0.2, 0) is 4.79 Å². The first-order valence-electron chi connectivity index (χ1n) is 7.49. The van der Waals surface area contributed by atoms with Crippen LogP contribution in [0.1, 0.15) is 32.1 Å². The number of carbonyl (C=O) groups is 1. The number of benzene rings is 1. The van der Waals surface area contributed by atoms with Gasteiger partial charge < -0.3 is 10.2 Å². The average molecular weight is 287 g/mol. The average Bonchev–Trinajstić information content (AvgIpc) is 2.53. The summed E-state index contributed by atoms with van der Waals surface area (Å²) in [6.07, 6.45) is 5.89. The number of nitrogens with one attached hydrogen (secondary N) is 2. The third kappa shape index (κ3) is 3.00. The summed E-state index contributed by atoms with van der Waals surface area (Å²) in [7, 11) is 0. The molecule has 0 saturated heterocycles. The molecule has 6 heteroatoms. The van der Waals surface area contributed by atoms with Crippen molar-refractivity contribution in [3.63, 3.8) is 0 Å². The number of amides is 1. The summed E-state index contributed by atoms with van der Waals surface area (Å²) in [5.74, 6) is 6.19. The van der Waals surface area contributed by atoms with Crippen LogP contribution in [0, 0.1) is 0 Å². The van der Waals surface area contributed by atoms with Gasteiger partial charge >= 0.3 is 0 Å². The number of anilines is 2. The van der Waals surface area contributed by atoms with E-state index in [4.69, 9.17) is 10.8 Å². The lowest BCUT2D eigenvalue weighted by Crippen LogP contribution is -2.50. The Bertz CT molecular complexity index is 551. The molecular weight excluding hydrogens is 266 g/mol. The highest BCUT2D eigenvalue weighted by Gasteiger charge is 2.26. The minimum Gasteiger partial charge on any atom is -0.323 e. The van der Waals surface area contributed by atoms with Crippen molar-refractivity contribution in [1.82, 2.24) is 5.43 Å². The van der Waals surface area contributed by atoms with Crippen LogP contribution in [0.4, 0.5) is 11.4 Å². The van der Waals surface area contributed by atoms with Crippen LogP contribution in [0.2, 0.25) is 0 Å². The van der Waals surface area contributed by atoms with Gasteiger partial charge in [0.05, 0.1) is 17.4 Å². The number of guanidine groups is 1. The molecule has 1 aliphatic carbocycles. The number of para-hydroxylation sites is 2. The molecule has 0 bridgehead atoms. The fourth-order valence-corrected chi connectivity index (χ4v) is 2.99. The third-order valence-corrected chi connectivity index (χ3v) is 4.03. The highest BCUT2D eigenvalue weighted by atomic mass is 16.2. The van der Waals surface area contributed by atoms with E-state index >= 15 is 0 Å². The van der Waals surface area contributed by atoms with Crippen molar-refractivity contribution >= 4 is 23.2 Å². The van der Waals surface area contributed by atoms with Crippen LogP contribution in [0.3, 0.4) is 0 Å². The maximum absolute atomic E-state index is 11.9. The lowest BCUT2D eigenvalue weighted by Gasteiger charge is -2.32. The molecular formula is C15H21N5O. The molecule has 0 unspecified atom stereocenters. The van der Waals surface area contributed by atoms with E-state index in [2.05, 4.69) is 10.7 Å². The molecule has 0 aromatic heterocycles. The number of hydrazine groups is 1. The Hall–Kier alpha value is -2.08. The molecule has 112 valence electrons. The summed E-state index contributed by atoms with van der Waals surface area (Å²) in [5.41, 5.74) is 4.39. The van der Waals surface area contributed by atoms with E-state index in [0.717, 1.165) is 24.2 Å². The normalized spacial score (nSPS) is 20.0. The number of nitrogens with zero attached hydrogens (tertiary/aromatic N) is 2. The molecule has 3 rings (SSSR count). The summed E-state index contributed by atoms with van der Waals surface area (Å²) in [4.78, 5) is 18.5. The SMILES string of the molecule is NNC(=NC1CCCCC1)N1CC(=O)Nc2ccccc21. The van der Waals surface area contributed by atoms with E-state index in [1.54, 1.807) is 0 Å². The molecule has 1 heterocycles. The first kappa shape index (κ1) is 13.9. The zero-order valence-corrected chi connectivity index (χ0v) is 12.0. The molecule has 1 amide bonds. The second-order valence-corrected chi connectivity index (χ2v) is 5.54. The maximum Gasteiger partial charge on any atom is 0.244 e. The third-order valence-electron chi connectivity index (χ3n) is 4.03. The van der Waals surface area contributed by atoms with Crippen LogP contribution in [0.5, 0.6) is 0 Å². The molecule has 1 aliphatic heterocycles. The van der Waals surface area contributed by atoms with E-state index in [1.165, 1.54) is 19.3 Å². The van der Waals surface area contributed by atoms with Gasteiger partial charge in [-0.05, 0) is 25.0 Å². The van der Waals surface area contributed by atoms with E-state index in [-0.39, 0.29) is 12.5 Å². The number of fused-ring (bicyclic) bond motifs is 1. The summed E-state index contributed by atoms with van der Waals surface area (Å²) < 4.78 is 0. The lowest BCUT2D eigenvalue weighted by molar-refractivity contribution is -0.115. The molecule has 0 atom stereocenters. The summed E-state index contributed by atoms with van der Waals surface area (Å²) >= 11 is 0. The highest BCUT2D eigenvalue weighted by Crippen LogP contribution is 2.29. The standard InChI is InChI=1S/C15H21N5O/c16-19-15(17-11-6-2-1-3-7-11)20-10-14(21)18-12-8-4-5-9-13(12)20/h4-5,8-9,11H,1-3,6-7,10,16H2,(H,17,19)(H,18,21). The summed E-state index contributed by atoms with van der Waals surface area (Å²) in [6.45, 7) is 0.229. The number of rotatable bonds is 1. The van der Waals surface area contributed by atoms with Crippen LogP contribution >= 0.6 is 0 Å². The highest BCUT2D eigenvalue weighted by molar-refractivity contribution is 6.10. The number of hydrogen-bond donors (Lipinski definition) is 3. The van der Waals surface area contributed by atoms with Crippen molar-refractivity contribution < 1.29 is 4.79 Å². The van der Waals surface area contributed by atoms with Gasteiger partial charge in [0.1, 0.15) is 6.54 Å². The zero-order chi connectivity index (χ0) is 14.7. The van der Waals surface area contributed by atoms with Gasteiger partial charge in [-0.3, -0.25) is 10.2 Å². The molecule has 6 nitrogen and oxygen atoms in total. The monoisotopic (exact) mass is 287 g/mol. The Morgan fingerprint density at radius 3 is 2.81 bits per heavy atom. The van der Waals surface area contributed by atoms with Crippen molar-refractivity contribution in [2.24, 2.45) is 10.8 Å². The second-order valence-electron chi connectivity index (χ2n) is 5.54. The fourth-order valence-electron chi connectivity index (χ4n) is 2.99. The molecule has 1 aromatic carbocycles. The van der Waals surface area contributed by atoms with E-state index < -0.39 is 0 Å². The van der Waals surface area contributed by atoms with Gasteiger partial charge in [-0.1, -0.05) is 31.4 Å². The van der Waals surface area contributed by atoms with Gasteiger partial charge in [0, 0.05) is 0 Å². The van der Waals surface area contributed by atoms with Crippen molar-refractivity contribution in [1.29, 1.82) is 0 Å². The minimum atomic E-state index is -0.0553. The quantitative estimate of drug-likeness (QED) is 0.317. The van der Waals surface area contributed by atoms with Crippen molar-refractivity contribution in [3.8, 4) is 0 Å². The van der Waals surface area contributed by atoms with Crippen molar-refractivity contribution in [2.45, 2.75) is 38.1 Å². The first-order chi connectivity index (χ1) is 10.3. The topological polar surface area (TPSA) is 82.8 Å². The molecule has 1 aromatic rings. The molecule has 0 spiro atoms. The van der Waals surface area contributed by atoms with Crippen LogP contribution in [0.15, 0.2) is 29.3 Å². The summed E-state index contributed by atoms with van der Waals surface area (Å²) in [5, 5.41) is 2.87. The fraction of sp³-hybridized carbons (Fsp3) is 0.467.